The molecular weight excluding hydrogens is 340 g/mol. The van der Waals surface area contributed by atoms with Crippen LogP contribution in [-0.4, -0.2) is 31.2 Å². The average molecular weight is 368 g/mol. The van der Waals surface area contributed by atoms with E-state index in [0.29, 0.717) is 13.2 Å². The minimum atomic E-state index is -0.112. The van der Waals surface area contributed by atoms with Crippen LogP contribution in [-0.2, 0) is 0 Å². The Labute approximate surface area is 161 Å². The Morgan fingerprint density at radius 3 is 2.30 bits per heavy atom. The molecule has 1 aliphatic heterocycles. The number of hydrogen-bond acceptors (Lipinski definition) is 3. The molecule has 0 aromatic heterocycles. The lowest BCUT2D eigenvalue weighted by atomic mass is 9.95. The number of rotatable bonds is 5. The van der Waals surface area contributed by atoms with Crippen LogP contribution in [0.1, 0.15) is 44.0 Å². The third kappa shape index (κ3) is 4.35. The Hall–Kier alpha value is -2.69. The summed E-state index contributed by atoms with van der Waals surface area (Å²) in [5, 5.41) is 3.18. The summed E-state index contributed by atoms with van der Waals surface area (Å²) < 4.78 is 11.3. The number of ether oxygens (including phenoxy) is 2. The molecule has 1 aliphatic rings. The van der Waals surface area contributed by atoms with Crippen molar-refractivity contribution in [3.05, 3.63) is 59.7 Å². The first-order chi connectivity index (χ1) is 13.0. The van der Waals surface area contributed by atoms with E-state index in [9.17, 15) is 4.79 Å². The van der Waals surface area contributed by atoms with E-state index in [2.05, 4.69) is 19.2 Å². The Morgan fingerprint density at radius 1 is 0.963 bits per heavy atom. The number of carbonyl (C=O) groups is 1. The van der Waals surface area contributed by atoms with Gasteiger partial charge in [-0.05, 0) is 36.1 Å². The van der Waals surface area contributed by atoms with Crippen molar-refractivity contribution in [2.45, 2.75) is 32.9 Å². The van der Waals surface area contributed by atoms with Crippen molar-refractivity contribution in [1.29, 1.82) is 0 Å². The molecule has 3 rings (SSSR count). The zero-order valence-electron chi connectivity index (χ0n) is 16.4. The van der Waals surface area contributed by atoms with Gasteiger partial charge in [0.1, 0.15) is 13.2 Å². The van der Waals surface area contributed by atoms with Gasteiger partial charge in [0.2, 0.25) is 0 Å². The molecule has 2 aromatic carbocycles. The van der Waals surface area contributed by atoms with Gasteiger partial charge in [-0.2, -0.15) is 0 Å². The molecule has 5 nitrogen and oxygen atoms in total. The molecule has 0 spiro atoms. The van der Waals surface area contributed by atoms with Crippen molar-refractivity contribution in [1.82, 2.24) is 10.2 Å². The average Bonchev–Trinajstić information content (AvgIpc) is 2.70. The van der Waals surface area contributed by atoms with Crippen LogP contribution in [0.5, 0.6) is 11.5 Å². The van der Waals surface area contributed by atoms with Gasteiger partial charge < -0.3 is 19.7 Å². The summed E-state index contributed by atoms with van der Waals surface area (Å²) in [4.78, 5) is 14.6. The van der Waals surface area contributed by atoms with Crippen LogP contribution in [0.25, 0.3) is 0 Å². The SMILES string of the molecule is CC(C)[C@H](NC(=O)N(C)[C@@H](C)c1ccccc1)c1ccc2c(c1)OCCO2. The van der Waals surface area contributed by atoms with Crippen LogP contribution in [0.3, 0.4) is 0 Å². The maximum absolute atomic E-state index is 12.9. The highest BCUT2D eigenvalue weighted by Crippen LogP contribution is 2.34. The summed E-state index contributed by atoms with van der Waals surface area (Å²) in [5.41, 5.74) is 2.12. The van der Waals surface area contributed by atoms with Gasteiger partial charge in [-0.3, -0.25) is 0 Å². The largest absolute Gasteiger partial charge is 0.486 e. The Kier molecular flexibility index (Phi) is 5.89. The lowest BCUT2D eigenvalue weighted by molar-refractivity contribution is 0.170. The predicted molar refractivity (Wildman–Crippen MR) is 106 cm³/mol. The molecular formula is C22H28N2O3. The topological polar surface area (TPSA) is 50.8 Å². The second kappa shape index (κ2) is 8.33. The fourth-order valence-corrected chi connectivity index (χ4v) is 3.25. The first kappa shape index (κ1) is 19.1. The van der Waals surface area contributed by atoms with E-state index in [0.717, 1.165) is 22.6 Å². The monoisotopic (exact) mass is 368 g/mol. The minimum Gasteiger partial charge on any atom is -0.486 e. The predicted octanol–water partition coefficient (Wildman–Crippen LogP) is 4.56. The van der Waals surface area contributed by atoms with Crippen LogP contribution in [0.2, 0.25) is 0 Å². The van der Waals surface area contributed by atoms with Crippen LogP contribution < -0.4 is 14.8 Å². The van der Waals surface area contributed by atoms with Crippen molar-refractivity contribution in [2.75, 3.05) is 20.3 Å². The van der Waals surface area contributed by atoms with Crippen LogP contribution in [0, 0.1) is 5.92 Å². The van der Waals surface area contributed by atoms with E-state index < -0.39 is 0 Å². The number of fused-ring (bicyclic) bond motifs is 1. The fraction of sp³-hybridized carbons (Fsp3) is 0.409. The van der Waals surface area contributed by atoms with Gasteiger partial charge in [0, 0.05) is 7.05 Å². The summed E-state index contributed by atoms with van der Waals surface area (Å²) in [6.07, 6.45) is 0. The van der Waals surface area contributed by atoms with Gasteiger partial charge in [-0.15, -0.1) is 0 Å². The normalized spacial score (nSPS) is 15.1. The highest BCUT2D eigenvalue weighted by Gasteiger charge is 2.24. The third-order valence-electron chi connectivity index (χ3n) is 5.05. The van der Waals surface area contributed by atoms with Gasteiger partial charge in [0.15, 0.2) is 11.5 Å². The first-order valence-electron chi connectivity index (χ1n) is 9.45. The number of hydrogen-bond donors (Lipinski definition) is 1. The van der Waals surface area contributed by atoms with E-state index in [1.54, 1.807) is 4.90 Å². The summed E-state index contributed by atoms with van der Waals surface area (Å²) in [7, 11) is 1.83. The molecule has 2 atom stereocenters. The Morgan fingerprint density at radius 2 is 1.63 bits per heavy atom. The smallest absolute Gasteiger partial charge is 0.318 e. The molecule has 27 heavy (non-hydrogen) atoms. The molecule has 0 saturated carbocycles. The van der Waals surface area contributed by atoms with Gasteiger partial charge in [0.05, 0.1) is 12.1 Å². The summed E-state index contributed by atoms with van der Waals surface area (Å²) in [6.45, 7) is 7.35. The fourth-order valence-electron chi connectivity index (χ4n) is 3.25. The molecule has 0 bridgehead atoms. The highest BCUT2D eigenvalue weighted by atomic mass is 16.6. The maximum Gasteiger partial charge on any atom is 0.318 e. The maximum atomic E-state index is 12.9. The van der Waals surface area contributed by atoms with Crippen molar-refractivity contribution in [3.63, 3.8) is 0 Å². The molecule has 0 unspecified atom stereocenters. The second-order valence-corrected chi connectivity index (χ2v) is 7.27. The number of amides is 2. The summed E-state index contributed by atoms with van der Waals surface area (Å²) in [5.74, 6) is 1.73. The number of nitrogens with one attached hydrogen (secondary N) is 1. The van der Waals surface area contributed by atoms with Crippen molar-refractivity contribution in [3.8, 4) is 11.5 Å². The van der Waals surface area contributed by atoms with E-state index in [-0.39, 0.29) is 24.0 Å². The highest BCUT2D eigenvalue weighted by molar-refractivity contribution is 5.75. The lowest BCUT2D eigenvalue weighted by Gasteiger charge is -2.30. The number of benzene rings is 2. The van der Waals surface area contributed by atoms with Gasteiger partial charge in [-0.25, -0.2) is 4.79 Å². The van der Waals surface area contributed by atoms with E-state index in [1.807, 2.05) is 62.5 Å². The van der Waals surface area contributed by atoms with Gasteiger partial charge >= 0.3 is 6.03 Å². The zero-order chi connectivity index (χ0) is 19.4. The minimum absolute atomic E-state index is 0.0146. The zero-order valence-corrected chi connectivity index (χ0v) is 16.4. The van der Waals surface area contributed by atoms with Crippen LogP contribution >= 0.6 is 0 Å². The van der Waals surface area contributed by atoms with E-state index >= 15 is 0 Å². The summed E-state index contributed by atoms with van der Waals surface area (Å²) >= 11 is 0. The molecule has 2 amide bonds. The van der Waals surface area contributed by atoms with Crippen molar-refractivity contribution < 1.29 is 14.3 Å². The van der Waals surface area contributed by atoms with Gasteiger partial charge in [-0.1, -0.05) is 50.2 Å². The Bertz CT molecular complexity index is 776. The number of nitrogens with zero attached hydrogens (tertiary/aromatic N) is 1. The molecule has 1 N–H and O–H groups in total. The number of carbonyl (C=O) groups excluding carboxylic acids is 1. The Balaban J connectivity index is 1.75. The summed E-state index contributed by atoms with van der Waals surface area (Å²) in [6, 6.07) is 15.7. The molecule has 5 heteroatoms. The molecule has 1 heterocycles. The third-order valence-corrected chi connectivity index (χ3v) is 5.05. The molecule has 0 radical (unpaired) electrons. The van der Waals surface area contributed by atoms with Crippen molar-refractivity contribution in [2.24, 2.45) is 5.92 Å². The quantitative estimate of drug-likeness (QED) is 0.842. The second-order valence-electron chi connectivity index (χ2n) is 7.27. The van der Waals surface area contributed by atoms with E-state index in [1.165, 1.54) is 0 Å². The van der Waals surface area contributed by atoms with E-state index in [4.69, 9.17) is 9.47 Å². The van der Waals surface area contributed by atoms with Crippen LogP contribution in [0.4, 0.5) is 4.79 Å². The van der Waals surface area contributed by atoms with Crippen LogP contribution in [0.15, 0.2) is 48.5 Å². The lowest BCUT2D eigenvalue weighted by Crippen LogP contribution is -2.42. The molecule has 0 aliphatic carbocycles. The van der Waals surface area contributed by atoms with Gasteiger partial charge in [0.25, 0.3) is 0 Å². The standard InChI is InChI=1S/C22H28N2O3/c1-15(2)21(18-10-11-19-20(14-18)27-13-12-26-19)23-22(25)24(4)16(3)17-8-6-5-7-9-17/h5-11,14-16,21H,12-13H2,1-4H3,(H,23,25)/t16-,21-/m0/s1. The number of urea groups is 1. The molecule has 0 saturated heterocycles. The molecule has 144 valence electrons. The van der Waals surface area contributed by atoms with Crippen molar-refractivity contribution >= 4 is 6.03 Å². The first-order valence-corrected chi connectivity index (χ1v) is 9.45. The molecule has 0 fully saturated rings. The molecule has 2 aromatic rings.